The Hall–Kier alpha value is -1.31. The number of nitrogens with zero attached hydrogens (tertiary/aromatic N) is 3. The highest BCUT2D eigenvalue weighted by atomic mass is 35.5. The number of thiol groups is 1. The lowest BCUT2D eigenvalue weighted by Gasteiger charge is -2.40. The van der Waals surface area contributed by atoms with E-state index in [-0.39, 0.29) is 5.41 Å². The number of halogens is 1. The molecule has 23 heavy (non-hydrogen) atoms. The van der Waals surface area contributed by atoms with Crippen molar-refractivity contribution in [2.75, 3.05) is 31.1 Å². The SMILES string of the molecule is O=[SH](=O)N1CCC2(CCN(c3cc(Cl)cc4[nH]ncc34)CC2)C1. The van der Waals surface area contributed by atoms with Crippen LogP contribution in [0.1, 0.15) is 19.3 Å². The maximum Gasteiger partial charge on any atom is 0.203 e. The summed E-state index contributed by atoms with van der Waals surface area (Å²) in [7, 11) is -2.44. The molecule has 0 unspecified atom stereocenters. The van der Waals surface area contributed by atoms with Crippen LogP contribution >= 0.6 is 11.6 Å². The van der Waals surface area contributed by atoms with Crippen LogP contribution in [0.3, 0.4) is 0 Å². The molecule has 8 heteroatoms. The molecule has 124 valence electrons. The van der Waals surface area contributed by atoms with Crippen molar-refractivity contribution < 1.29 is 8.42 Å². The highest BCUT2D eigenvalue weighted by Gasteiger charge is 2.41. The van der Waals surface area contributed by atoms with Gasteiger partial charge in [-0.25, -0.2) is 12.7 Å². The molecule has 4 rings (SSSR count). The van der Waals surface area contributed by atoms with Crippen LogP contribution in [-0.4, -0.2) is 49.1 Å². The molecule has 2 aromatic rings. The van der Waals surface area contributed by atoms with E-state index < -0.39 is 10.9 Å². The zero-order valence-electron chi connectivity index (χ0n) is 12.7. The van der Waals surface area contributed by atoms with Gasteiger partial charge in [0.1, 0.15) is 0 Å². The molecule has 2 saturated heterocycles. The Labute approximate surface area is 141 Å². The topological polar surface area (TPSA) is 69.3 Å². The number of piperidine rings is 1. The number of aromatic amines is 1. The van der Waals surface area contributed by atoms with Crippen molar-refractivity contribution in [2.45, 2.75) is 19.3 Å². The van der Waals surface area contributed by atoms with Gasteiger partial charge in [0.15, 0.2) is 0 Å². The first-order valence-corrected chi connectivity index (χ1v) is 9.34. The summed E-state index contributed by atoms with van der Waals surface area (Å²) in [4.78, 5) is 2.34. The van der Waals surface area contributed by atoms with E-state index in [4.69, 9.17) is 11.6 Å². The minimum absolute atomic E-state index is 0.153. The van der Waals surface area contributed by atoms with Gasteiger partial charge in [-0.05, 0) is 36.8 Å². The molecule has 0 amide bonds. The lowest BCUT2D eigenvalue weighted by molar-refractivity contribution is 0.236. The molecule has 2 fully saturated rings. The van der Waals surface area contributed by atoms with Gasteiger partial charge in [0, 0.05) is 42.3 Å². The number of benzene rings is 1. The summed E-state index contributed by atoms with van der Waals surface area (Å²) in [5.41, 5.74) is 2.21. The Bertz CT molecular complexity index is 803. The zero-order chi connectivity index (χ0) is 16.0. The first kappa shape index (κ1) is 15.2. The first-order valence-electron chi connectivity index (χ1n) is 7.83. The molecular formula is C15H19ClN4O2S. The van der Waals surface area contributed by atoms with E-state index in [0.717, 1.165) is 48.9 Å². The quantitative estimate of drug-likeness (QED) is 0.810. The highest BCUT2D eigenvalue weighted by molar-refractivity contribution is 7.69. The second kappa shape index (κ2) is 5.65. The summed E-state index contributed by atoms with van der Waals surface area (Å²) in [5, 5.41) is 8.87. The molecule has 3 heterocycles. The van der Waals surface area contributed by atoms with Gasteiger partial charge in [-0.3, -0.25) is 5.10 Å². The molecule has 0 saturated carbocycles. The number of fused-ring (bicyclic) bond motifs is 1. The minimum atomic E-state index is -2.44. The Morgan fingerprint density at radius 3 is 2.61 bits per heavy atom. The van der Waals surface area contributed by atoms with Crippen LogP contribution in [0, 0.1) is 5.41 Å². The van der Waals surface area contributed by atoms with Gasteiger partial charge in [0.2, 0.25) is 10.9 Å². The average Bonchev–Trinajstić information content (AvgIpc) is 3.15. The fourth-order valence-electron chi connectivity index (χ4n) is 3.94. The smallest absolute Gasteiger partial charge is 0.203 e. The zero-order valence-corrected chi connectivity index (χ0v) is 14.3. The third kappa shape index (κ3) is 2.70. The van der Waals surface area contributed by atoms with E-state index >= 15 is 0 Å². The Balaban J connectivity index is 1.54. The second-order valence-corrected chi connectivity index (χ2v) is 8.10. The Morgan fingerprint density at radius 1 is 1.17 bits per heavy atom. The van der Waals surface area contributed by atoms with E-state index in [1.807, 2.05) is 18.3 Å². The van der Waals surface area contributed by atoms with E-state index in [9.17, 15) is 8.42 Å². The Kier molecular flexibility index (Phi) is 3.74. The fraction of sp³-hybridized carbons (Fsp3) is 0.533. The highest BCUT2D eigenvalue weighted by Crippen LogP contribution is 2.42. The Morgan fingerprint density at radius 2 is 1.91 bits per heavy atom. The van der Waals surface area contributed by atoms with E-state index in [1.54, 1.807) is 4.31 Å². The average molecular weight is 355 g/mol. The number of rotatable bonds is 2. The molecule has 1 spiro atoms. The number of anilines is 1. The first-order chi connectivity index (χ1) is 11.1. The third-order valence-electron chi connectivity index (χ3n) is 5.32. The molecule has 2 aliphatic heterocycles. The predicted molar refractivity (Wildman–Crippen MR) is 91.5 cm³/mol. The molecule has 0 bridgehead atoms. The van der Waals surface area contributed by atoms with E-state index in [1.165, 1.54) is 0 Å². The van der Waals surface area contributed by atoms with Crippen LogP contribution in [0.2, 0.25) is 5.02 Å². The molecule has 0 aliphatic carbocycles. The number of H-pyrrole nitrogens is 1. The third-order valence-corrected chi connectivity index (χ3v) is 6.34. The summed E-state index contributed by atoms with van der Waals surface area (Å²) < 4.78 is 24.0. The monoisotopic (exact) mass is 354 g/mol. The van der Waals surface area contributed by atoms with Crippen LogP contribution in [0.5, 0.6) is 0 Å². The van der Waals surface area contributed by atoms with Crippen LogP contribution in [0.4, 0.5) is 5.69 Å². The van der Waals surface area contributed by atoms with Crippen molar-refractivity contribution in [3.8, 4) is 0 Å². The van der Waals surface area contributed by atoms with Gasteiger partial charge < -0.3 is 4.90 Å². The minimum Gasteiger partial charge on any atom is -0.371 e. The molecule has 2 aliphatic rings. The fourth-order valence-corrected chi connectivity index (χ4v) is 4.83. The molecular weight excluding hydrogens is 336 g/mol. The second-order valence-electron chi connectivity index (χ2n) is 6.62. The molecule has 0 radical (unpaired) electrons. The van der Waals surface area contributed by atoms with Crippen LogP contribution in [0.15, 0.2) is 18.3 Å². The van der Waals surface area contributed by atoms with Crippen LogP contribution in [0.25, 0.3) is 10.9 Å². The lowest BCUT2D eigenvalue weighted by Crippen LogP contribution is -2.41. The summed E-state index contributed by atoms with van der Waals surface area (Å²) in [6.07, 6.45) is 4.84. The van der Waals surface area contributed by atoms with Crippen LogP contribution < -0.4 is 4.90 Å². The van der Waals surface area contributed by atoms with Gasteiger partial charge in [0.05, 0.1) is 11.7 Å². The van der Waals surface area contributed by atoms with Gasteiger partial charge >= 0.3 is 0 Å². The van der Waals surface area contributed by atoms with Gasteiger partial charge in [0.25, 0.3) is 0 Å². The number of hydrogen-bond donors (Lipinski definition) is 2. The van der Waals surface area contributed by atoms with Gasteiger partial charge in [-0.1, -0.05) is 11.6 Å². The van der Waals surface area contributed by atoms with Crippen molar-refractivity contribution in [3.63, 3.8) is 0 Å². The molecule has 0 atom stereocenters. The van der Waals surface area contributed by atoms with E-state index in [2.05, 4.69) is 15.1 Å². The van der Waals surface area contributed by atoms with Gasteiger partial charge in [-0.15, -0.1) is 0 Å². The van der Waals surface area contributed by atoms with E-state index in [0.29, 0.717) is 18.1 Å². The number of nitrogens with one attached hydrogen (secondary N) is 1. The lowest BCUT2D eigenvalue weighted by atomic mass is 9.77. The number of aromatic nitrogens is 2. The standard InChI is InChI=1S/C15H19ClN4O2S/c16-11-7-13-12(9-17-18-13)14(8-11)19-4-1-15(2-5-19)3-6-20(10-15)23(21)22/h7-9,23H,1-6,10H2,(H,17,18). The van der Waals surface area contributed by atoms with Crippen molar-refractivity contribution >= 4 is 39.1 Å². The number of hydrogen-bond acceptors (Lipinski definition) is 4. The summed E-state index contributed by atoms with van der Waals surface area (Å²) in [5.74, 6) is 0. The van der Waals surface area contributed by atoms with Crippen molar-refractivity contribution in [1.29, 1.82) is 0 Å². The molecule has 1 aromatic carbocycles. The summed E-state index contributed by atoms with van der Waals surface area (Å²) in [6, 6.07) is 3.88. The summed E-state index contributed by atoms with van der Waals surface area (Å²) >= 11 is 6.23. The van der Waals surface area contributed by atoms with Crippen molar-refractivity contribution in [2.24, 2.45) is 5.41 Å². The van der Waals surface area contributed by atoms with Crippen LogP contribution in [-0.2, 0) is 10.9 Å². The molecule has 6 nitrogen and oxygen atoms in total. The maximum atomic E-state index is 11.2. The molecule has 1 aromatic heterocycles. The largest absolute Gasteiger partial charge is 0.371 e. The summed E-state index contributed by atoms with van der Waals surface area (Å²) in [6.45, 7) is 3.19. The van der Waals surface area contributed by atoms with Crippen molar-refractivity contribution in [1.82, 2.24) is 14.5 Å². The normalized spacial score (nSPS) is 21.7. The maximum absolute atomic E-state index is 11.2. The predicted octanol–water partition coefficient (Wildman–Crippen LogP) is 2.04. The van der Waals surface area contributed by atoms with Crippen molar-refractivity contribution in [3.05, 3.63) is 23.4 Å². The van der Waals surface area contributed by atoms with Gasteiger partial charge in [-0.2, -0.15) is 5.10 Å². The molecule has 1 N–H and O–H groups in total.